The van der Waals surface area contributed by atoms with Gasteiger partial charge in [-0.2, -0.15) is 0 Å². The number of sulfonamides is 1. The Morgan fingerprint density at radius 3 is 2.45 bits per heavy atom. The highest BCUT2D eigenvalue weighted by molar-refractivity contribution is 7.92. The van der Waals surface area contributed by atoms with Crippen molar-refractivity contribution in [1.82, 2.24) is 5.32 Å². The van der Waals surface area contributed by atoms with Crippen LogP contribution in [-0.4, -0.2) is 40.1 Å². The fourth-order valence-electron chi connectivity index (χ4n) is 3.47. The summed E-state index contributed by atoms with van der Waals surface area (Å²) < 4.78 is 33.3. The monoisotopic (exact) mass is 484 g/mol. The average molecular weight is 485 g/mol. The molecule has 1 N–H and O–H groups in total. The molecule has 2 aromatic rings. The molecule has 1 amide bonds. The largest absolute Gasteiger partial charge is 0.378 e. The summed E-state index contributed by atoms with van der Waals surface area (Å²) in [6.45, 7) is 0.606. The second-order valence-electron chi connectivity index (χ2n) is 7.40. The normalized spacial score (nSPS) is 14.5. The maximum absolute atomic E-state index is 13.2. The molecule has 31 heavy (non-hydrogen) atoms. The summed E-state index contributed by atoms with van der Waals surface area (Å²) in [5.74, 6) is -0.411. The second kappa shape index (κ2) is 11.2. The quantitative estimate of drug-likeness (QED) is 0.497. The summed E-state index contributed by atoms with van der Waals surface area (Å²) in [6, 6.07) is 12.4. The molecular weight excluding hydrogens is 459 g/mol. The Morgan fingerprint density at radius 2 is 1.77 bits per heavy atom. The molecule has 0 spiro atoms. The summed E-state index contributed by atoms with van der Waals surface area (Å²) >= 11 is 12.1. The molecular formula is C22H26Cl2N2O4S. The van der Waals surface area contributed by atoms with Crippen molar-refractivity contribution in [3.8, 4) is 0 Å². The lowest BCUT2D eigenvalue weighted by Gasteiger charge is -2.24. The molecule has 3 rings (SSSR count). The Bertz CT molecular complexity index is 980. The fourth-order valence-corrected chi connectivity index (χ4v) is 5.19. The highest BCUT2D eigenvalue weighted by Gasteiger charge is 2.27. The molecule has 0 radical (unpaired) electrons. The van der Waals surface area contributed by atoms with Crippen LogP contribution >= 0.6 is 23.2 Å². The van der Waals surface area contributed by atoms with Crippen LogP contribution in [0.4, 0.5) is 5.69 Å². The van der Waals surface area contributed by atoms with Gasteiger partial charge in [-0.15, -0.1) is 0 Å². The Kier molecular flexibility index (Phi) is 8.60. The average Bonchev–Trinajstić information content (AvgIpc) is 3.28. The summed E-state index contributed by atoms with van der Waals surface area (Å²) in [7, 11) is -3.98. The molecule has 1 fully saturated rings. The van der Waals surface area contributed by atoms with Crippen molar-refractivity contribution in [2.45, 2.75) is 43.1 Å². The third-order valence-electron chi connectivity index (χ3n) is 5.11. The number of benzene rings is 2. The molecule has 1 aliphatic carbocycles. The zero-order chi connectivity index (χ0) is 22.3. The molecule has 1 saturated carbocycles. The molecule has 0 bridgehead atoms. The van der Waals surface area contributed by atoms with Crippen LogP contribution in [0.5, 0.6) is 0 Å². The van der Waals surface area contributed by atoms with E-state index in [2.05, 4.69) is 5.32 Å². The molecule has 0 atom stereocenters. The molecule has 2 aromatic carbocycles. The number of nitrogens with one attached hydrogen (secondary N) is 1. The number of nitrogens with zero attached hydrogens (tertiary/aromatic N) is 1. The van der Waals surface area contributed by atoms with Crippen LogP contribution in [0, 0.1) is 0 Å². The summed E-state index contributed by atoms with van der Waals surface area (Å²) in [4.78, 5) is 12.6. The maximum Gasteiger partial charge on any atom is 0.264 e. The van der Waals surface area contributed by atoms with Crippen molar-refractivity contribution in [3.63, 3.8) is 0 Å². The Morgan fingerprint density at radius 1 is 1.06 bits per heavy atom. The molecule has 168 valence electrons. The van der Waals surface area contributed by atoms with Gasteiger partial charge in [0.2, 0.25) is 5.91 Å². The van der Waals surface area contributed by atoms with Gasteiger partial charge in [0.1, 0.15) is 6.54 Å². The van der Waals surface area contributed by atoms with Crippen LogP contribution in [0.1, 0.15) is 32.1 Å². The number of hydrogen-bond acceptors (Lipinski definition) is 4. The van der Waals surface area contributed by atoms with E-state index in [9.17, 15) is 13.2 Å². The first-order valence-electron chi connectivity index (χ1n) is 10.3. The Labute approximate surface area is 193 Å². The maximum atomic E-state index is 13.2. The van der Waals surface area contributed by atoms with E-state index < -0.39 is 15.9 Å². The highest BCUT2D eigenvalue weighted by atomic mass is 35.5. The van der Waals surface area contributed by atoms with Crippen LogP contribution < -0.4 is 9.62 Å². The molecule has 0 aromatic heterocycles. The number of rotatable bonds is 10. The molecule has 0 heterocycles. The standard InChI is InChI=1S/C22H26Cl2N2O4S/c23-20-12-11-17(15-21(20)24)26(31(28,29)19-9-2-1-3-10-19)16-22(27)25-13-6-14-30-18-7-4-5-8-18/h1-3,9-12,15,18H,4-8,13-14,16H2,(H,25,27). The van der Waals surface area contributed by atoms with Gasteiger partial charge in [-0.05, 0) is 49.6 Å². The number of hydrogen-bond donors (Lipinski definition) is 1. The minimum absolute atomic E-state index is 0.0823. The van der Waals surface area contributed by atoms with Crippen molar-refractivity contribution < 1.29 is 17.9 Å². The first-order chi connectivity index (χ1) is 14.9. The summed E-state index contributed by atoms with van der Waals surface area (Å²) in [5, 5.41) is 3.28. The van der Waals surface area contributed by atoms with E-state index in [0.29, 0.717) is 30.7 Å². The minimum Gasteiger partial charge on any atom is -0.378 e. The lowest BCUT2D eigenvalue weighted by Crippen LogP contribution is -2.41. The van der Waals surface area contributed by atoms with Crippen molar-refractivity contribution in [1.29, 1.82) is 0 Å². The molecule has 0 unspecified atom stereocenters. The SMILES string of the molecule is O=C(CN(c1ccc(Cl)c(Cl)c1)S(=O)(=O)c1ccccc1)NCCCOC1CCCC1. The van der Waals surface area contributed by atoms with Gasteiger partial charge in [0.05, 0.1) is 26.7 Å². The van der Waals surface area contributed by atoms with Gasteiger partial charge in [-0.1, -0.05) is 54.2 Å². The predicted octanol–water partition coefficient (Wildman–Crippen LogP) is 4.65. The summed E-state index contributed by atoms with van der Waals surface area (Å²) in [5.41, 5.74) is 0.262. The zero-order valence-electron chi connectivity index (χ0n) is 17.1. The van der Waals surface area contributed by atoms with Gasteiger partial charge in [0.25, 0.3) is 10.0 Å². The summed E-state index contributed by atoms with van der Waals surface area (Å²) in [6.07, 6.45) is 5.62. The van der Waals surface area contributed by atoms with E-state index in [0.717, 1.165) is 17.1 Å². The van der Waals surface area contributed by atoms with Crippen LogP contribution in [0.2, 0.25) is 10.0 Å². The number of amides is 1. The van der Waals surface area contributed by atoms with Crippen LogP contribution in [0.25, 0.3) is 0 Å². The van der Waals surface area contributed by atoms with Crippen LogP contribution in [0.3, 0.4) is 0 Å². The number of carbonyl (C=O) groups excluding carboxylic acids is 1. The molecule has 0 aliphatic heterocycles. The van der Waals surface area contributed by atoms with Gasteiger partial charge < -0.3 is 10.1 Å². The Hall–Kier alpha value is -1.80. The smallest absolute Gasteiger partial charge is 0.264 e. The fraction of sp³-hybridized carbons (Fsp3) is 0.409. The number of anilines is 1. The van der Waals surface area contributed by atoms with Crippen molar-refractivity contribution >= 4 is 44.8 Å². The van der Waals surface area contributed by atoms with Gasteiger partial charge in [0.15, 0.2) is 0 Å². The number of carbonyl (C=O) groups is 1. The van der Waals surface area contributed by atoms with E-state index in [1.54, 1.807) is 18.2 Å². The first-order valence-corrected chi connectivity index (χ1v) is 12.5. The van der Waals surface area contributed by atoms with Crippen molar-refractivity contribution in [2.24, 2.45) is 0 Å². The van der Waals surface area contributed by atoms with Crippen LogP contribution in [-0.2, 0) is 19.6 Å². The minimum atomic E-state index is -3.98. The van der Waals surface area contributed by atoms with Gasteiger partial charge in [0, 0.05) is 13.2 Å². The molecule has 0 saturated heterocycles. The zero-order valence-corrected chi connectivity index (χ0v) is 19.4. The lowest BCUT2D eigenvalue weighted by molar-refractivity contribution is -0.119. The van der Waals surface area contributed by atoms with E-state index in [1.807, 2.05) is 0 Å². The Balaban J connectivity index is 1.66. The predicted molar refractivity (Wildman–Crippen MR) is 123 cm³/mol. The lowest BCUT2D eigenvalue weighted by atomic mass is 10.3. The topological polar surface area (TPSA) is 75.7 Å². The van der Waals surface area contributed by atoms with E-state index >= 15 is 0 Å². The van der Waals surface area contributed by atoms with Crippen LogP contribution in [0.15, 0.2) is 53.4 Å². The van der Waals surface area contributed by atoms with Gasteiger partial charge >= 0.3 is 0 Å². The molecule has 1 aliphatic rings. The number of ether oxygens (including phenoxy) is 1. The van der Waals surface area contributed by atoms with Crippen molar-refractivity contribution in [2.75, 3.05) is 24.0 Å². The van der Waals surface area contributed by atoms with E-state index in [4.69, 9.17) is 27.9 Å². The van der Waals surface area contributed by atoms with Gasteiger partial charge in [-0.3, -0.25) is 9.10 Å². The first kappa shape index (κ1) is 23.9. The van der Waals surface area contributed by atoms with E-state index in [1.165, 1.54) is 43.2 Å². The number of halogens is 2. The third kappa shape index (κ3) is 6.59. The van der Waals surface area contributed by atoms with E-state index in [-0.39, 0.29) is 22.2 Å². The van der Waals surface area contributed by atoms with Crippen molar-refractivity contribution in [3.05, 3.63) is 58.6 Å². The van der Waals surface area contributed by atoms with Gasteiger partial charge in [-0.25, -0.2) is 8.42 Å². The second-order valence-corrected chi connectivity index (χ2v) is 10.1. The molecule has 6 nitrogen and oxygen atoms in total. The highest BCUT2D eigenvalue weighted by Crippen LogP contribution is 2.30. The molecule has 9 heteroatoms. The third-order valence-corrected chi connectivity index (χ3v) is 7.64.